The minimum absolute atomic E-state index is 0.466. The van der Waals surface area contributed by atoms with Crippen molar-refractivity contribution in [1.29, 1.82) is 0 Å². The zero-order valence-corrected chi connectivity index (χ0v) is 17.8. The van der Waals surface area contributed by atoms with E-state index in [9.17, 15) is 4.79 Å². The number of rotatable bonds is 3. The molecular formula is C26H28N4O. The fraction of sp³-hybridized carbons (Fsp3) is 0.385. The van der Waals surface area contributed by atoms with Crippen molar-refractivity contribution in [3.63, 3.8) is 0 Å². The lowest BCUT2D eigenvalue weighted by Crippen LogP contribution is -2.48. The van der Waals surface area contributed by atoms with E-state index in [0.29, 0.717) is 6.04 Å². The molecule has 2 N–H and O–H groups in total. The maximum Gasteiger partial charge on any atom is 0.323 e. The van der Waals surface area contributed by atoms with Gasteiger partial charge in [0.25, 0.3) is 0 Å². The van der Waals surface area contributed by atoms with E-state index in [0.717, 1.165) is 53.4 Å². The van der Waals surface area contributed by atoms with Crippen LogP contribution in [-0.4, -0.2) is 23.6 Å². The van der Waals surface area contributed by atoms with E-state index < -0.39 is 6.03 Å². The number of nitrogens with zero attached hydrogens (tertiary/aromatic N) is 3. The van der Waals surface area contributed by atoms with Crippen LogP contribution in [0.25, 0.3) is 10.9 Å². The van der Waals surface area contributed by atoms with Crippen LogP contribution in [0.1, 0.15) is 43.2 Å². The van der Waals surface area contributed by atoms with E-state index in [1.165, 1.54) is 43.2 Å². The highest BCUT2D eigenvalue weighted by atomic mass is 16.2. The van der Waals surface area contributed by atoms with Gasteiger partial charge in [-0.05, 0) is 104 Å². The Morgan fingerprint density at radius 1 is 0.935 bits per heavy atom. The van der Waals surface area contributed by atoms with Crippen LogP contribution in [0.2, 0.25) is 0 Å². The maximum atomic E-state index is 12.4. The number of aromatic nitrogens is 1. The Morgan fingerprint density at radius 3 is 2.48 bits per heavy atom. The fourth-order valence-electron chi connectivity index (χ4n) is 5.85. The lowest BCUT2D eigenvalue weighted by atomic mass is 9.80. The molecule has 5 nitrogen and oxygen atoms in total. The molecule has 2 aromatic carbocycles. The lowest BCUT2D eigenvalue weighted by molar-refractivity contribution is 0.251. The zero-order valence-electron chi connectivity index (χ0n) is 17.8. The normalized spacial score (nSPS) is 22.0. The third-order valence-electron chi connectivity index (χ3n) is 7.48. The third kappa shape index (κ3) is 3.23. The van der Waals surface area contributed by atoms with Crippen molar-refractivity contribution in [3.8, 4) is 0 Å². The van der Waals surface area contributed by atoms with Gasteiger partial charge in [-0.1, -0.05) is 6.07 Å². The number of anilines is 3. The quantitative estimate of drug-likeness (QED) is 0.633. The van der Waals surface area contributed by atoms with Crippen LogP contribution in [0, 0.1) is 5.92 Å². The van der Waals surface area contributed by atoms with Crippen molar-refractivity contribution in [2.45, 2.75) is 51.0 Å². The van der Waals surface area contributed by atoms with Crippen molar-refractivity contribution >= 4 is 34.1 Å². The van der Waals surface area contributed by atoms with Gasteiger partial charge in [-0.25, -0.2) is 9.78 Å². The van der Waals surface area contributed by atoms with Crippen molar-refractivity contribution in [2.75, 3.05) is 16.3 Å². The number of benzene rings is 2. The molecule has 158 valence electrons. The van der Waals surface area contributed by atoms with Gasteiger partial charge in [-0.2, -0.15) is 0 Å². The minimum atomic E-state index is -0.466. The molecule has 3 fully saturated rings. The Balaban J connectivity index is 1.34. The van der Waals surface area contributed by atoms with E-state index in [2.05, 4.69) is 29.2 Å². The lowest BCUT2D eigenvalue weighted by Gasteiger charge is -2.46. The van der Waals surface area contributed by atoms with Crippen LogP contribution in [-0.2, 0) is 12.8 Å². The molecule has 1 saturated carbocycles. The Morgan fingerprint density at radius 2 is 1.71 bits per heavy atom. The number of piperidine rings is 2. The highest BCUT2D eigenvalue weighted by Crippen LogP contribution is 2.38. The van der Waals surface area contributed by atoms with Gasteiger partial charge in [0.2, 0.25) is 0 Å². The second kappa shape index (κ2) is 7.26. The first kappa shape index (κ1) is 18.7. The van der Waals surface area contributed by atoms with Gasteiger partial charge in [0.1, 0.15) is 5.82 Å². The summed E-state index contributed by atoms with van der Waals surface area (Å²) in [5.74, 6) is 1.90. The molecular weight excluding hydrogens is 384 g/mol. The molecule has 2 aliphatic heterocycles. The van der Waals surface area contributed by atoms with Gasteiger partial charge in [-0.15, -0.1) is 0 Å². The molecule has 31 heavy (non-hydrogen) atoms. The van der Waals surface area contributed by atoms with E-state index in [1.807, 2.05) is 24.3 Å². The summed E-state index contributed by atoms with van der Waals surface area (Å²) in [6.07, 6.45) is 8.67. The highest BCUT2D eigenvalue weighted by molar-refractivity contribution is 6.00. The molecule has 2 amide bonds. The molecule has 4 aliphatic rings. The predicted octanol–water partition coefficient (Wildman–Crippen LogP) is 5.32. The summed E-state index contributed by atoms with van der Waals surface area (Å²) in [7, 11) is 0. The first-order valence-corrected chi connectivity index (χ1v) is 11.5. The molecule has 5 heteroatoms. The highest BCUT2D eigenvalue weighted by Gasteiger charge is 2.34. The standard InChI is InChI=1S/C26H28N4O/c27-26(31)30(22-10-6-18-2-1-3-19(18)14-22)23-11-12-24-20(15-23)7-13-25(28-24)29-16-17-4-8-21(29)9-5-17/h6-7,10-15,17,21H,1-5,8-9,16H2,(H2,27,31). The molecule has 3 aromatic rings. The zero-order chi connectivity index (χ0) is 20.9. The third-order valence-corrected chi connectivity index (χ3v) is 7.48. The average molecular weight is 413 g/mol. The Labute approximate surface area is 182 Å². The summed E-state index contributed by atoms with van der Waals surface area (Å²) in [4.78, 5) is 21.5. The summed E-state index contributed by atoms with van der Waals surface area (Å²) in [5, 5.41) is 1.02. The van der Waals surface area contributed by atoms with Crippen LogP contribution in [0.4, 0.5) is 22.0 Å². The Bertz CT molecular complexity index is 1170. The van der Waals surface area contributed by atoms with Crippen LogP contribution in [0.15, 0.2) is 48.5 Å². The number of pyridine rings is 1. The van der Waals surface area contributed by atoms with Crippen LogP contribution in [0.5, 0.6) is 0 Å². The number of nitrogens with two attached hydrogens (primary N) is 1. The predicted molar refractivity (Wildman–Crippen MR) is 125 cm³/mol. The van der Waals surface area contributed by atoms with Gasteiger partial charge in [0.15, 0.2) is 0 Å². The fourth-order valence-corrected chi connectivity index (χ4v) is 5.85. The van der Waals surface area contributed by atoms with Gasteiger partial charge < -0.3 is 10.6 Å². The first-order chi connectivity index (χ1) is 15.2. The largest absolute Gasteiger partial charge is 0.353 e. The number of carbonyl (C=O) groups excluding carboxylic acids is 1. The summed E-state index contributed by atoms with van der Waals surface area (Å²) in [6.45, 7) is 1.13. The van der Waals surface area contributed by atoms with Crippen LogP contribution >= 0.6 is 0 Å². The summed E-state index contributed by atoms with van der Waals surface area (Å²) in [6, 6.07) is 16.7. The number of amides is 2. The van der Waals surface area contributed by atoms with Crippen LogP contribution < -0.4 is 15.5 Å². The van der Waals surface area contributed by atoms with Crippen molar-refractivity contribution in [3.05, 3.63) is 59.7 Å². The molecule has 0 radical (unpaired) electrons. The first-order valence-electron chi connectivity index (χ1n) is 11.5. The van der Waals surface area contributed by atoms with Crippen molar-refractivity contribution in [2.24, 2.45) is 11.7 Å². The van der Waals surface area contributed by atoms with Gasteiger partial charge in [-0.3, -0.25) is 4.90 Å². The molecule has 3 heterocycles. The van der Waals surface area contributed by atoms with E-state index in [1.54, 1.807) is 4.90 Å². The second-order valence-corrected chi connectivity index (χ2v) is 9.35. The number of hydrogen-bond donors (Lipinski definition) is 1. The molecule has 0 spiro atoms. The number of primary amides is 1. The smallest absolute Gasteiger partial charge is 0.323 e. The molecule has 0 atom stereocenters. The monoisotopic (exact) mass is 412 g/mol. The average Bonchev–Trinajstić information content (AvgIpc) is 3.27. The van der Waals surface area contributed by atoms with E-state index in [4.69, 9.17) is 10.7 Å². The summed E-state index contributed by atoms with van der Waals surface area (Å²) < 4.78 is 0. The molecule has 0 unspecified atom stereocenters. The minimum Gasteiger partial charge on any atom is -0.353 e. The summed E-state index contributed by atoms with van der Waals surface area (Å²) in [5.41, 5.74) is 11.1. The number of fused-ring (bicyclic) bond motifs is 5. The van der Waals surface area contributed by atoms with Gasteiger partial charge in [0.05, 0.1) is 16.9 Å². The summed E-state index contributed by atoms with van der Waals surface area (Å²) >= 11 is 0. The molecule has 1 aromatic heterocycles. The number of carbonyl (C=O) groups is 1. The topological polar surface area (TPSA) is 62.5 Å². The Kier molecular flexibility index (Phi) is 4.37. The Hall–Kier alpha value is -3.08. The van der Waals surface area contributed by atoms with Crippen molar-refractivity contribution in [1.82, 2.24) is 4.98 Å². The maximum absolute atomic E-state index is 12.4. The SMILES string of the molecule is NC(=O)N(c1ccc2c(c1)CCC2)c1ccc2nc(N3CC4CCC3CC4)ccc2c1. The van der Waals surface area contributed by atoms with Crippen molar-refractivity contribution < 1.29 is 4.79 Å². The molecule has 2 bridgehead atoms. The van der Waals surface area contributed by atoms with E-state index in [-0.39, 0.29) is 0 Å². The van der Waals surface area contributed by atoms with Gasteiger partial charge in [0, 0.05) is 18.0 Å². The van der Waals surface area contributed by atoms with Crippen LogP contribution in [0.3, 0.4) is 0 Å². The number of urea groups is 1. The second-order valence-electron chi connectivity index (χ2n) is 9.35. The van der Waals surface area contributed by atoms with Gasteiger partial charge >= 0.3 is 6.03 Å². The number of aryl methyl sites for hydroxylation is 2. The molecule has 2 aliphatic carbocycles. The van der Waals surface area contributed by atoms with E-state index >= 15 is 0 Å². The number of hydrogen-bond acceptors (Lipinski definition) is 3. The molecule has 7 rings (SSSR count). The molecule has 2 saturated heterocycles.